The molecule has 4 atom stereocenters. The van der Waals surface area contributed by atoms with Crippen LogP contribution in [-0.4, -0.2) is 102 Å². The Kier molecular flexibility index (Phi) is 6.63. The van der Waals surface area contributed by atoms with Gasteiger partial charge in [0.2, 0.25) is 17.8 Å². The van der Waals surface area contributed by atoms with E-state index in [1.165, 1.54) is 0 Å². The standard InChI is InChI=1S/C28H34F3N9O2/c1-36-7-9-37(10-8-36)24(41)16-38-15-18(14-32-38)33-27-34-25-21(3-2-6-39(25)35-27)17-11-19-4-5-20(12-17)40(19)26(42)22-13-23(22)28(29,30)31/h2-3,6,14-15,17,19-20,22-23H,4-5,7-13,16H2,1H3,(H,33,35). The number of aromatic nitrogens is 5. The maximum Gasteiger partial charge on any atom is 0.392 e. The molecule has 7 rings (SSSR count). The number of pyridine rings is 1. The Hall–Kier alpha value is -3.68. The maximum atomic E-state index is 13.1. The van der Waals surface area contributed by atoms with Crippen molar-refractivity contribution in [2.24, 2.45) is 11.8 Å². The minimum Gasteiger partial charge on any atom is -0.339 e. The van der Waals surface area contributed by atoms with Crippen molar-refractivity contribution in [3.63, 3.8) is 0 Å². The van der Waals surface area contributed by atoms with E-state index < -0.39 is 18.0 Å². The van der Waals surface area contributed by atoms with Gasteiger partial charge in [-0.15, -0.1) is 5.10 Å². The molecule has 11 nitrogen and oxygen atoms in total. The molecule has 6 heterocycles. The fourth-order valence-corrected chi connectivity index (χ4v) is 7.05. The minimum absolute atomic E-state index is 0.0345. The number of hydrogen-bond donors (Lipinski definition) is 1. The predicted molar refractivity (Wildman–Crippen MR) is 146 cm³/mol. The molecular weight excluding hydrogens is 551 g/mol. The number of piperazine rings is 1. The van der Waals surface area contributed by atoms with Gasteiger partial charge in [-0.05, 0) is 51.1 Å². The molecule has 3 aromatic rings. The van der Waals surface area contributed by atoms with E-state index in [0.717, 1.165) is 31.5 Å². The Balaban J connectivity index is 1.02. The Morgan fingerprint density at radius 2 is 1.81 bits per heavy atom. The highest BCUT2D eigenvalue weighted by Gasteiger charge is 2.61. The summed E-state index contributed by atoms with van der Waals surface area (Å²) in [5.41, 5.74) is 2.40. The summed E-state index contributed by atoms with van der Waals surface area (Å²) in [6, 6.07) is 3.85. The quantitative estimate of drug-likeness (QED) is 0.475. The van der Waals surface area contributed by atoms with Gasteiger partial charge in [0.05, 0.1) is 23.7 Å². The van der Waals surface area contributed by atoms with Gasteiger partial charge in [0.15, 0.2) is 5.65 Å². The topological polar surface area (TPSA) is 104 Å². The van der Waals surface area contributed by atoms with Crippen LogP contribution in [0.15, 0.2) is 30.7 Å². The summed E-state index contributed by atoms with van der Waals surface area (Å²) in [5.74, 6) is -2.15. The lowest BCUT2D eigenvalue weighted by molar-refractivity contribution is -0.159. The fourth-order valence-electron chi connectivity index (χ4n) is 7.05. The molecule has 4 aliphatic rings. The third-order valence-electron chi connectivity index (χ3n) is 9.39. The highest BCUT2D eigenvalue weighted by molar-refractivity contribution is 5.83. The van der Waals surface area contributed by atoms with Gasteiger partial charge in [0, 0.05) is 56.2 Å². The molecule has 14 heteroatoms. The van der Waals surface area contributed by atoms with Gasteiger partial charge in [0.25, 0.3) is 0 Å². The van der Waals surface area contributed by atoms with Crippen molar-refractivity contribution in [2.45, 2.75) is 62.8 Å². The van der Waals surface area contributed by atoms with E-state index in [-0.39, 0.29) is 42.8 Å². The van der Waals surface area contributed by atoms with Gasteiger partial charge >= 0.3 is 6.18 Å². The summed E-state index contributed by atoms with van der Waals surface area (Å²) in [6.45, 7) is 3.31. The van der Waals surface area contributed by atoms with Crippen LogP contribution in [0, 0.1) is 11.8 Å². The van der Waals surface area contributed by atoms with Crippen LogP contribution < -0.4 is 5.32 Å². The number of rotatable bonds is 6. The summed E-state index contributed by atoms with van der Waals surface area (Å²) in [6.07, 6.45) is 3.89. The number of carbonyl (C=O) groups excluding carboxylic acids is 2. The number of fused-ring (bicyclic) bond motifs is 3. The van der Waals surface area contributed by atoms with E-state index in [0.29, 0.717) is 43.2 Å². The highest BCUT2D eigenvalue weighted by atomic mass is 19.4. The van der Waals surface area contributed by atoms with Crippen molar-refractivity contribution in [3.8, 4) is 0 Å². The molecule has 2 amide bonds. The van der Waals surface area contributed by atoms with Gasteiger partial charge in [0.1, 0.15) is 6.54 Å². The van der Waals surface area contributed by atoms with E-state index in [2.05, 4.69) is 20.4 Å². The molecule has 2 bridgehead atoms. The molecule has 0 aromatic carbocycles. The Bertz CT molecular complexity index is 1480. The van der Waals surface area contributed by atoms with Crippen LogP contribution >= 0.6 is 0 Å². The average molecular weight is 586 g/mol. The second-order valence-corrected chi connectivity index (χ2v) is 12.2. The molecule has 3 saturated heterocycles. The zero-order valence-corrected chi connectivity index (χ0v) is 23.4. The second kappa shape index (κ2) is 10.2. The average Bonchev–Trinajstić information content (AvgIpc) is 3.40. The van der Waals surface area contributed by atoms with Crippen molar-refractivity contribution in [1.29, 1.82) is 0 Å². The number of anilines is 2. The first-order valence-corrected chi connectivity index (χ1v) is 14.6. The summed E-state index contributed by atoms with van der Waals surface area (Å²) >= 11 is 0. The summed E-state index contributed by atoms with van der Waals surface area (Å²) < 4.78 is 42.7. The number of alkyl halides is 3. The normalized spacial score (nSPS) is 28.0. The first kappa shape index (κ1) is 27.2. The lowest BCUT2D eigenvalue weighted by Gasteiger charge is -2.39. The van der Waals surface area contributed by atoms with Crippen LogP contribution in [0.25, 0.3) is 5.65 Å². The van der Waals surface area contributed by atoms with E-state index >= 15 is 0 Å². The minimum atomic E-state index is -4.30. The first-order valence-electron chi connectivity index (χ1n) is 14.6. The first-order chi connectivity index (χ1) is 20.1. The zero-order valence-electron chi connectivity index (χ0n) is 23.4. The van der Waals surface area contributed by atoms with Gasteiger partial charge < -0.3 is 20.0 Å². The molecule has 4 fully saturated rings. The third-order valence-corrected chi connectivity index (χ3v) is 9.39. The zero-order chi connectivity index (χ0) is 29.2. The SMILES string of the molecule is CN1CCN(C(=O)Cn2cc(Nc3nc4c(C5CC6CCC(C5)N6C(=O)C5CC5C(F)(F)F)cccn4n3)cn2)CC1. The molecule has 3 aliphatic heterocycles. The molecule has 224 valence electrons. The van der Waals surface area contributed by atoms with Crippen molar-refractivity contribution in [3.05, 3.63) is 36.3 Å². The molecular formula is C28H34F3N9O2. The molecule has 1 N–H and O–H groups in total. The fraction of sp³-hybridized carbons (Fsp3) is 0.607. The lowest BCUT2D eigenvalue weighted by atomic mass is 9.85. The van der Waals surface area contributed by atoms with Gasteiger partial charge in [-0.3, -0.25) is 14.3 Å². The Labute approximate surface area is 240 Å². The van der Waals surface area contributed by atoms with Crippen molar-refractivity contribution >= 4 is 29.1 Å². The van der Waals surface area contributed by atoms with Crippen LogP contribution in [0.4, 0.5) is 24.8 Å². The van der Waals surface area contributed by atoms with E-state index in [1.807, 2.05) is 30.3 Å². The maximum absolute atomic E-state index is 13.1. The Morgan fingerprint density at radius 1 is 1.07 bits per heavy atom. The second-order valence-electron chi connectivity index (χ2n) is 12.2. The van der Waals surface area contributed by atoms with Gasteiger partial charge in [-0.1, -0.05) is 6.07 Å². The highest BCUT2D eigenvalue weighted by Crippen LogP contribution is 2.53. The number of likely N-dealkylation sites (N-methyl/N-ethyl adjacent to an activating group) is 1. The molecule has 42 heavy (non-hydrogen) atoms. The van der Waals surface area contributed by atoms with Crippen LogP contribution in [0.1, 0.15) is 43.6 Å². The number of piperidine rings is 1. The van der Waals surface area contributed by atoms with Crippen molar-refractivity contribution in [2.75, 3.05) is 38.5 Å². The van der Waals surface area contributed by atoms with E-state index in [4.69, 9.17) is 4.98 Å². The van der Waals surface area contributed by atoms with E-state index in [9.17, 15) is 22.8 Å². The van der Waals surface area contributed by atoms with Crippen LogP contribution in [-0.2, 0) is 16.1 Å². The molecule has 0 spiro atoms. The summed E-state index contributed by atoms with van der Waals surface area (Å²) in [4.78, 5) is 36.3. The third kappa shape index (κ3) is 5.09. The monoisotopic (exact) mass is 585 g/mol. The number of nitrogens with one attached hydrogen (secondary N) is 1. The number of carbonyl (C=O) groups is 2. The smallest absolute Gasteiger partial charge is 0.339 e. The van der Waals surface area contributed by atoms with Crippen LogP contribution in [0.3, 0.4) is 0 Å². The summed E-state index contributed by atoms with van der Waals surface area (Å²) in [5, 5.41) is 12.1. The van der Waals surface area contributed by atoms with Crippen molar-refractivity contribution < 1.29 is 22.8 Å². The lowest BCUT2D eigenvalue weighted by Crippen LogP contribution is -2.48. The van der Waals surface area contributed by atoms with Crippen molar-refractivity contribution in [1.82, 2.24) is 39.1 Å². The number of nitrogens with zero attached hydrogens (tertiary/aromatic N) is 8. The van der Waals surface area contributed by atoms with E-state index in [1.54, 1.807) is 26.5 Å². The van der Waals surface area contributed by atoms with Crippen LogP contribution in [0.5, 0.6) is 0 Å². The van der Waals surface area contributed by atoms with Crippen LogP contribution in [0.2, 0.25) is 0 Å². The largest absolute Gasteiger partial charge is 0.392 e. The Morgan fingerprint density at radius 3 is 2.50 bits per heavy atom. The predicted octanol–water partition coefficient (Wildman–Crippen LogP) is 2.88. The molecule has 3 aromatic heterocycles. The number of amides is 2. The van der Waals surface area contributed by atoms with Gasteiger partial charge in [-0.25, -0.2) is 4.52 Å². The van der Waals surface area contributed by atoms with Gasteiger partial charge in [-0.2, -0.15) is 23.3 Å². The molecule has 4 unspecified atom stereocenters. The molecule has 1 aliphatic carbocycles. The number of halogens is 3. The molecule has 0 radical (unpaired) electrons. The number of hydrogen-bond acceptors (Lipinski definition) is 7. The summed E-state index contributed by atoms with van der Waals surface area (Å²) in [7, 11) is 2.05. The molecule has 1 saturated carbocycles.